The lowest BCUT2D eigenvalue weighted by atomic mass is 9.86. The number of carbonyl (C=O) groups is 3. The van der Waals surface area contributed by atoms with Gasteiger partial charge >= 0.3 is 11.9 Å². The third-order valence-corrected chi connectivity index (χ3v) is 5.57. The molecule has 0 spiro atoms. The number of hydrogen-bond acceptors (Lipinski definition) is 4. The number of carbonyl (C=O) groups excluding carboxylic acids is 1. The molecule has 1 aromatic rings. The second-order valence-electron chi connectivity index (χ2n) is 7.89. The van der Waals surface area contributed by atoms with E-state index in [9.17, 15) is 24.6 Å². The number of carboxylic acids is 2. The third-order valence-electron chi connectivity index (χ3n) is 5.57. The van der Waals surface area contributed by atoms with Crippen molar-refractivity contribution in [2.24, 2.45) is 0 Å². The Morgan fingerprint density at radius 2 is 1.83 bits per heavy atom. The van der Waals surface area contributed by atoms with Gasteiger partial charge in [-0.15, -0.1) is 0 Å². The highest BCUT2D eigenvalue weighted by Gasteiger charge is 2.52. The number of likely N-dealkylation sites (tertiary alicyclic amines) is 1. The second kappa shape index (κ2) is 10.9. The molecule has 0 aliphatic carbocycles. The minimum Gasteiger partial charge on any atom is -0.480 e. The van der Waals surface area contributed by atoms with E-state index in [0.29, 0.717) is 0 Å². The maximum absolute atomic E-state index is 12.8. The molecule has 30 heavy (non-hydrogen) atoms. The number of likely N-dealkylation sites (N-methyl/N-ethyl adjacent to an activating group) is 1. The number of hydrogen-bond donors (Lipinski definition) is 2. The fraction of sp³-hybridized carbons (Fsp3) is 0.522. The summed E-state index contributed by atoms with van der Waals surface area (Å²) in [6.45, 7) is 3.67. The normalized spacial score (nSPS) is 19.9. The largest absolute Gasteiger partial charge is 0.480 e. The fourth-order valence-electron chi connectivity index (χ4n) is 3.85. The molecule has 1 aliphatic heterocycles. The van der Waals surface area contributed by atoms with E-state index in [1.54, 1.807) is 13.1 Å². The van der Waals surface area contributed by atoms with Gasteiger partial charge in [0.25, 0.3) is 0 Å². The van der Waals surface area contributed by atoms with Gasteiger partial charge in [-0.2, -0.15) is 0 Å². The zero-order valence-electron chi connectivity index (χ0n) is 18.0. The summed E-state index contributed by atoms with van der Waals surface area (Å²) in [5.41, 5.74) is 1.85. The summed E-state index contributed by atoms with van der Waals surface area (Å²) >= 11 is 0. The minimum atomic E-state index is -1.09. The number of benzene rings is 1. The minimum absolute atomic E-state index is 0.368. The van der Waals surface area contributed by atoms with Crippen molar-refractivity contribution < 1.29 is 24.6 Å². The van der Waals surface area contributed by atoms with Gasteiger partial charge in [-0.25, -0.2) is 0 Å². The van der Waals surface area contributed by atoms with Crippen molar-refractivity contribution in [3.05, 3.63) is 47.5 Å². The molecule has 1 fully saturated rings. The van der Waals surface area contributed by atoms with Crippen LogP contribution in [0.1, 0.15) is 56.2 Å². The van der Waals surface area contributed by atoms with Crippen LogP contribution < -0.4 is 0 Å². The maximum atomic E-state index is 12.8. The van der Waals surface area contributed by atoms with Crippen LogP contribution in [0.5, 0.6) is 0 Å². The molecule has 7 nitrogen and oxygen atoms in total. The summed E-state index contributed by atoms with van der Waals surface area (Å²) in [7, 11) is 1.61. The van der Waals surface area contributed by atoms with Crippen molar-refractivity contribution in [3.8, 4) is 0 Å². The first-order valence-corrected chi connectivity index (χ1v) is 10.5. The highest BCUT2D eigenvalue weighted by molar-refractivity contribution is 5.93. The van der Waals surface area contributed by atoms with Crippen LogP contribution in [0.15, 0.2) is 36.4 Å². The van der Waals surface area contributed by atoms with Gasteiger partial charge in [0.1, 0.15) is 18.6 Å². The van der Waals surface area contributed by atoms with Crippen LogP contribution >= 0.6 is 0 Å². The van der Waals surface area contributed by atoms with Crippen LogP contribution in [0.3, 0.4) is 0 Å². The Bertz CT molecular complexity index is 774. The Hall–Kier alpha value is -2.67. The van der Waals surface area contributed by atoms with Gasteiger partial charge in [0, 0.05) is 0 Å². The van der Waals surface area contributed by atoms with Crippen molar-refractivity contribution >= 4 is 17.8 Å². The molecule has 2 N–H and O–H groups in total. The quantitative estimate of drug-likeness (QED) is 0.308. The zero-order chi connectivity index (χ0) is 22.3. The highest BCUT2D eigenvalue weighted by atomic mass is 16.4. The van der Waals surface area contributed by atoms with Crippen molar-refractivity contribution in [1.82, 2.24) is 9.80 Å². The molecule has 0 saturated carbocycles. The summed E-state index contributed by atoms with van der Waals surface area (Å²) < 4.78 is 0. The van der Waals surface area contributed by atoms with E-state index in [1.165, 1.54) is 9.80 Å². The zero-order valence-corrected chi connectivity index (χ0v) is 18.0. The Balaban J connectivity index is 2.20. The number of allylic oxidation sites excluding steroid dienone is 1. The number of nitrogens with zero attached hydrogens (tertiary/aromatic N) is 2. The van der Waals surface area contributed by atoms with E-state index in [4.69, 9.17) is 0 Å². The molecule has 7 heteroatoms. The third kappa shape index (κ3) is 5.69. The number of aryl methyl sites for hydroxylation is 1. The van der Waals surface area contributed by atoms with Crippen LogP contribution in [0, 0.1) is 6.92 Å². The van der Waals surface area contributed by atoms with E-state index in [2.05, 4.69) is 6.92 Å². The number of carboxylic acid groups (broad SMARTS) is 2. The molecule has 1 unspecified atom stereocenters. The average molecular weight is 417 g/mol. The molecule has 1 amide bonds. The lowest BCUT2D eigenvalue weighted by Crippen LogP contribution is -2.67. The van der Waals surface area contributed by atoms with Crippen LogP contribution in [-0.4, -0.2) is 63.5 Å². The molecule has 1 aromatic carbocycles. The summed E-state index contributed by atoms with van der Waals surface area (Å²) in [6.07, 6.45) is 8.70. The summed E-state index contributed by atoms with van der Waals surface area (Å²) in [6, 6.07) is 5.35. The number of aliphatic carboxylic acids is 2. The average Bonchev–Trinajstić information content (AvgIpc) is 2.69. The molecule has 1 aliphatic rings. The predicted molar refractivity (Wildman–Crippen MR) is 114 cm³/mol. The van der Waals surface area contributed by atoms with Crippen molar-refractivity contribution in [2.45, 2.75) is 64.1 Å². The topological polar surface area (TPSA) is 98.2 Å². The van der Waals surface area contributed by atoms with E-state index < -0.39 is 36.6 Å². The molecule has 2 rings (SSSR count). The number of β-lactam (4-membered cyclic amide) rings is 1. The molecule has 0 aromatic heterocycles. The molecule has 3 atom stereocenters. The Kier molecular flexibility index (Phi) is 8.59. The van der Waals surface area contributed by atoms with Crippen LogP contribution in [0.2, 0.25) is 0 Å². The second-order valence-corrected chi connectivity index (χ2v) is 7.89. The Morgan fingerprint density at radius 3 is 2.40 bits per heavy atom. The SMILES string of the molecule is CCCCCC/C=C/C(C(=O)O)N(C)[C@@H]1C(=O)N(CC(=O)O)[C@@H]1c1ccc(C)cc1. The van der Waals surface area contributed by atoms with Gasteiger partial charge in [0.2, 0.25) is 5.91 Å². The van der Waals surface area contributed by atoms with Gasteiger partial charge in [-0.3, -0.25) is 19.3 Å². The van der Waals surface area contributed by atoms with Gasteiger partial charge in [-0.1, -0.05) is 68.2 Å². The van der Waals surface area contributed by atoms with E-state index in [0.717, 1.165) is 43.2 Å². The van der Waals surface area contributed by atoms with Crippen molar-refractivity contribution in [1.29, 1.82) is 0 Å². The summed E-state index contributed by atoms with van der Waals surface area (Å²) in [5.74, 6) is -2.49. The molecule has 0 radical (unpaired) electrons. The highest BCUT2D eigenvalue weighted by Crippen LogP contribution is 2.38. The standard InChI is InChI=1S/C23H32N2O5/c1-4-5-6-7-8-9-10-18(23(29)30)24(3)21-20(17-13-11-16(2)12-14-17)25(22(21)28)15-19(26)27/h9-14,18,20-21H,4-8,15H2,1-3H3,(H,26,27)(H,29,30)/b10-9+/t18?,20-,21+/m1/s1. The van der Waals surface area contributed by atoms with Gasteiger partial charge in [-0.05, 0) is 32.4 Å². The molecule has 0 bridgehead atoms. The monoisotopic (exact) mass is 416 g/mol. The molecule has 1 saturated heterocycles. The lowest BCUT2D eigenvalue weighted by molar-refractivity contribution is -0.168. The first-order chi connectivity index (χ1) is 14.3. The first kappa shape index (κ1) is 23.6. The van der Waals surface area contributed by atoms with E-state index >= 15 is 0 Å². The number of amides is 1. The summed E-state index contributed by atoms with van der Waals surface area (Å²) in [4.78, 5) is 38.7. The predicted octanol–water partition coefficient (Wildman–Crippen LogP) is 3.24. The van der Waals surface area contributed by atoms with Gasteiger partial charge in [0.15, 0.2) is 0 Å². The lowest BCUT2D eigenvalue weighted by Gasteiger charge is -2.51. The smallest absolute Gasteiger partial charge is 0.324 e. The van der Waals surface area contributed by atoms with Crippen LogP contribution in [0.4, 0.5) is 0 Å². The first-order valence-electron chi connectivity index (χ1n) is 10.5. The molecular weight excluding hydrogens is 384 g/mol. The van der Waals surface area contributed by atoms with Crippen LogP contribution in [0.25, 0.3) is 0 Å². The Labute approximate surface area is 178 Å². The van der Waals surface area contributed by atoms with Crippen molar-refractivity contribution in [3.63, 3.8) is 0 Å². The van der Waals surface area contributed by atoms with Gasteiger partial charge in [0.05, 0.1) is 6.04 Å². The van der Waals surface area contributed by atoms with Gasteiger partial charge < -0.3 is 15.1 Å². The molecule has 164 valence electrons. The van der Waals surface area contributed by atoms with Crippen molar-refractivity contribution in [2.75, 3.05) is 13.6 Å². The van der Waals surface area contributed by atoms with E-state index in [-0.39, 0.29) is 5.91 Å². The van der Waals surface area contributed by atoms with Crippen LogP contribution in [-0.2, 0) is 14.4 Å². The molecule has 1 heterocycles. The molecular formula is C23H32N2O5. The number of rotatable bonds is 12. The summed E-state index contributed by atoms with van der Waals surface area (Å²) in [5, 5.41) is 18.9. The number of unbranched alkanes of at least 4 members (excludes halogenated alkanes) is 4. The van der Waals surface area contributed by atoms with E-state index in [1.807, 2.05) is 37.3 Å². The maximum Gasteiger partial charge on any atom is 0.324 e. The Morgan fingerprint density at radius 1 is 1.17 bits per heavy atom. The fourth-order valence-corrected chi connectivity index (χ4v) is 3.85.